The third-order valence-electron chi connectivity index (χ3n) is 2.78. The summed E-state index contributed by atoms with van der Waals surface area (Å²) in [6.45, 7) is 0. The number of nitrogens with two attached hydrogens (primary N) is 1. The highest BCUT2D eigenvalue weighted by molar-refractivity contribution is 9.11. The minimum absolute atomic E-state index is 0.244. The minimum atomic E-state index is -0.244. The second-order valence-electron chi connectivity index (χ2n) is 3.81. The number of hydrogen-bond acceptors (Lipinski definition) is 4. The molecule has 6 heteroatoms. The minimum Gasteiger partial charge on any atom is -0.495 e. The number of benzene rings is 1. The topological polar surface area (TPSA) is 44.5 Å². The monoisotopic (exact) mass is 405 g/mol. The normalized spacial score (nSPS) is 12.3. The lowest BCUT2D eigenvalue weighted by atomic mass is 10.0. The lowest BCUT2D eigenvalue weighted by Crippen LogP contribution is -2.12. The van der Waals surface area contributed by atoms with Gasteiger partial charge in [-0.2, -0.15) is 0 Å². The fourth-order valence-electron chi connectivity index (χ4n) is 1.83. The first-order chi connectivity index (χ1) is 9.10. The molecule has 0 radical (unpaired) electrons. The molecule has 0 saturated heterocycles. The average Bonchev–Trinajstić information content (AvgIpc) is 2.83. The smallest absolute Gasteiger partial charge is 0.141 e. The van der Waals surface area contributed by atoms with Crippen molar-refractivity contribution >= 4 is 43.2 Å². The van der Waals surface area contributed by atoms with E-state index in [2.05, 4.69) is 31.9 Å². The van der Waals surface area contributed by atoms with E-state index in [1.165, 1.54) is 0 Å². The van der Waals surface area contributed by atoms with Crippen LogP contribution in [-0.4, -0.2) is 14.2 Å². The Hall–Kier alpha value is -0.560. The Bertz CT molecular complexity index is 586. The van der Waals surface area contributed by atoms with Crippen molar-refractivity contribution in [3.8, 4) is 11.5 Å². The first-order valence-corrected chi connectivity index (χ1v) is 7.95. The van der Waals surface area contributed by atoms with Gasteiger partial charge in [-0.1, -0.05) is 0 Å². The van der Waals surface area contributed by atoms with E-state index < -0.39 is 0 Å². The van der Waals surface area contributed by atoms with Crippen LogP contribution in [0.2, 0.25) is 0 Å². The van der Waals surface area contributed by atoms with Gasteiger partial charge in [0.1, 0.15) is 16.0 Å². The van der Waals surface area contributed by atoms with Crippen LogP contribution in [0, 0.1) is 0 Å². The van der Waals surface area contributed by atoms with Crippen LogP contribution in [0.4, 0.5) is 0 Å². The summed E-state index contributed by atoms with van der Waals surface area (Å²) < 4.78 is 12.5. The zero-order valence-electron chi connectivity index (χ0n) is 10.4. The van der Waals surface area contributed by atoms with Crippen LogP contribution in [0.3, 0.4) is 0 Å². The molecule has 0 aliphatic carbocycles. The van der Waals surface area contributed by atoms with E-state index in [-0.39, 0.29) is 6.04 Å². The van der Waals surface area contributed by atoms with Gasteiger partial charge >= 0.3 is 0 Å². The van der Waals surface area contributed by atoms with Crippen LogP contribution in [0.1, 0.15) is 16.5 Å². The van der Waals surface area contributed by atoms with Gasteiger partial charge in [0.2, 0.25) is 0 Å². The summed E-state index contributed by atoms with van der Waals surface area (Å²) in [5.41, 5.74) is 7.25. The van der Waals surface area contributed by atoms with Gasteiger partial charge in [-0.15, -0.1) is 11.3 Å². The summed E-state index contributed by atoms with van der Waals surface area (Å²) in [5, 5.41) is 2.00. The summed E-state index contributed by atoms with van der Waals surface area (Å²) in [7, 11) is 3.24. The molecule has 1 aromatic heterocycles. The third kappa shape index (κ3) is 2.81. The van der Waals surface area contributed by atoms with Gasteiger partial charge in [-0.05, 0) is 55.4 Å². The standard InChI is InChI=1S/C13H13Br2NO2S/c1-17-9-4-3-7(12(18-2)10(9)15)11(16)13-8(14)5-6-19-13/h3-6,11H,16H2,1-2H3. The van der Waals surface area contributed by atoms with Gasteiger partial charge < -0.3 is 15.2 Å². The van der Waals surface area contributed by atoms with Crippen LogP contribution in [-0.2, 0) is 0 Å². The van der Waals surface area contributed by atoms with Crippen molar-refractivity contribution in [2.45, 2.75) is 6.04 Å². The molecule has 3 nitrogen and oxygen atoms in total. The van der Waals surface area contributed by atoms with Crippen LogP contribution in [0.15, 0.2) is 32.5 Å². The van der Waals surface area contributed by atoms with E-state index in [4.69, 9.17) is 15.2 Å². The zero-order valence-corrected chi connectivity index (χ0v) is 14.4. The number of thiophene rings is 1. The molecule has 1 atom stereocenters. The highest BCUT2D eigenvalue weighted by Crippen LogP contribution is 2.42. The second-order valence-corrected chi connectivity index (χ2v) is 6.41. The summed E-state index contributed by atoms with van der Waals surface area (Å²) in [4.78, 5) is 1.07. The molecular weight excluding hydrogens is 394 g/mol. The van der Waals surface area contributed by atoms with Gasteiger partial charge in [0.25, 0.3) is 0 Å². The van der Waals surface area contributed by atoms with Crippen molar-refractivity contribution in [3.63, 3.8) is 0 Å². The quantitative estimate of drug-likeness (QED) is 0.821. The molecule has 0 bridgehead atoms. The van der Waals surface area contributed by atoms with Gasteiger partial charge in [0.05, 0.1) is 20.3 Å². The van der Waals surface area contributed by atoms with E-state index in [0.717, 1.165) is 25.1 Å². The Kier molecular flexibility index (Phi) is 4.89. The molecule has 1 aromatic carbocycles. The first-order valence-electron chi connectivity index (χ1n) is 5.49. The lowest BCUT2D eigenvalue weighted by Gasteiger charge is -2.18. The number of rotatable bonds is 4. The van der Waals surface area contributed by atoms with E-state index in [1.807, 2.05) is 23.6 Å². The van der Waals surface area contributed by atoms with Crippen molar-refractivity contribution < 1.29 is 9.47 Å². The predicted octanol–water partition coefficient (Wildman–Crippen LogP) is 4.34. The molecule has 2 aromatic rings. The Morgan fingerprint density at radius 3 is 2.42 bits per heavy atom. The maximum Gasteiger partial charge on any atom is 0.141 e. The SMILES string of the molecule is COc1ccc(C(N)c2sccc2Br)c(OC)c1Br. The molecular formula is C13H13Br2NO2S. The van der Waals surface area contributed by atoms with Crippen molar-refractivity contribution in [2.24, 2.45) is 5.73 Å². The average molecular weight is 407 g/mol. The summed E-state index contributed by atoms with van der Waals surface area (Å²) in [6.07, 6.45) is 0. The Morgan fingerprint density at radius 2 is 1.89 bits per heavy atom. The highest BCUT2D eigenvalue weighted by Gasteiger charge is 2.21. The Morgan fingerprint density at radius 1 is 1.16 bits per heavy atom. The van der Waals surface area contributed by atoms with E-state index >= 15 is 0 Å². The van der Waals surface area contributed by atoms with E-state index in [0.29, 0.717) is 5.75 Å². The molecule has 0 aliphatic rings. The summed E-state index contributed by atoms with van der Waals surface area (Å²) in [5.74, 6) is 1.42. The second kappa shape index (κ2) is 6.26. The number of halogens is 2. The maximum atomic E-state index is 6.34. The molecule has 0 aliphatic heterocycles. The Labute approximate surface area is 133 Å². The molecule has 1 unspecified atom stereocenters. The Balaban J connectivity index is 2.51. The molecule has 0 fully saturated rings. The predicted molar refractivity (Wildman–Crippen MR) is 85.3 cm³/mol. The molecule has 0 spiro atoms. The molecule has 0 saturated carbocycles. The van der Waals surface area contributed by atoms with Crippen molar-refractivity contribution in [1.82, 2.24) is 0 Å². The van der Waals surface area contributed by atoms with Gasteiger partial charge in [0, 0.05) is 14.9 Å². The van der Waals surface area contributed by atoms with Crippen LogP contribution in [0.5, 0.6) is 11.5 Å². The lowest BCUT2D eigenvalue weighted by molar-refractivity contribution is 0.385. The van der Waals surface area contributed by atoms with Crippen LogP contribution < -0.4 is 15.2 Å². The largest absolute Gasteiger partial charge is 0.495 e. The summed E-state index contributed by atoms with van der Waals surface area (Å²) >= 11 is 8.61. The van der Waals surface area contributed by atoms with Crippen LogP contribution >= 0.6 is 43.2 Å². The number of hydrogen-bond donors (Lipinski definition) is 1. The highest BCUT2D eigenvalue weighted by atomic mass is 79.9. The van der Waals surface area contributed by atoms with E-state index in [9.17, 15) is 0 Å². The van der Waals surface area contributed by atoms with E-state index in [1.54, 1.807) is 25.6 Å². The number of methoxy groups -OCH3 is 2. The third-order valence-corrected chi connectivity index (χ3v) is 5.48. The zero-order chi connectivity index (χ0) is 14.0. The first kappa shape index (κ1) is 14.8. The molecule has 102 valence electrons. The van der Waals surface area contributed by atoms with Crippen molar-refractivity contribution in [2.75, 3.05) is 14.2 Å². The van der Waals surface area contributed by atoms with Crippen molar-refractivity contribution in [3.05, 3.63) is 43.0 Å². The molecule has 0 amide bonds. The molecule has 19 heavy (non-hydrogen) atoms. The van der Waals surface area contributed by atoms with Crippen LogP contribution in [0.25, 0.3) is 0 Å². The van der Waals surface area contributed by atoms with Crippen molar-refractivity contribution in [1.29, 1.82) is 0 Å². The molecule has 2 N–H and O–H groups in total. The fourth-order valence-corrected chi connectivity index (χ4v) is 4.16. The maximum absolute atomic E-state index is 6.34. The fraction of sp³-hybridized carbons (Fsp3) is 0.231. The summed E-state index contributed by atoms with van der Waals surface area (Å²) in [6, 6.07) is 5.56. The molecule has 1 heterocycles. The molecule has 2 rings (SSSR count). The van der Waals surface area contributed by atoms with Gasteiger partial charge in [0.15, 0.2) is 0 Å². The number of ether oxygens (including phenoxy) is 2. The van der Waals surface area contributed by atoms with Gasteiger partial charge in [-0.25, -0.2) is 0 Å². The van der Waals surface area contributed by atoms with Gasteiger partial charge in [-0.3, -0.25) is 0 Å².